The highest BCUT2D eigenvalue weighted by Crippen LogP contribution is 2.72. The van der Waals surface area contributed by atoms with Crippen molar-refractivity contribution in [2.24, 2.45) is 45.8 Å². The zero-order chi connectivity index (χ0) is 25.7. The number of carbonyl (C=O) groups is 1. The average molecular weight is 491 g/mol. The number of hydrogen-bond donors (Lipinski definition) is 0. The largest absolute Gasteiger partial charge is 0.299 e. The Hall–Kier alpha value is -1.44. The summed E-state index contributed by atoms with van der Waals surface area (Å²) in [6.45, 7) is 14.6. The lowest BCUT2D eigenvalue weighted by molar-refractivity contribution is -0.727. The van der Waals surface area contributed by atoms with E-state index in [4.69, 9.17) is 0 Å². The van der Waals surface area contributed by atoms with Gasteiger partial charge in [0.15, 0.2) is 18.4 Å². The van der Waals surface area contributed by atoms with E-state index in [1.807, 2.05) is 0 Å². The monoisotopic (exact) mass is 490 g/mol. The summed E-state index contributed by atoms with van der Waals surface area (Å²) in [4.78, 5) is 14.2. The molecule has 198 valence electrons. The van der Waals surface area contributed by atoms with Crippen LogP contribution in [0.2, 0.25) is 0 Å². The van der Waals surface area contributed by atoms with E-state index in [1.165, 1.54) is 57.8 Å². The van der Waals surface area contributed by atoms with Gasteiger partial charge in [0.2, 0.25) is 0 Å². The minimum absolute atomic E-state index is 0.138. The Balaban J connectivity index is 1.42. The van der Waals surface area contributed by atoms with Gasteiger partial charge in [0, 0.05) is 31.4 Å². The number of pyridine rings is 1. The summed E-state index contributed by atoms with van der Waals surface area (Å²) in [6, 6.07) is 7.09. The van der Waals surface area contributed by atoms with Crippen molar-refractivity contribution in [2.45, 2.75) is 118 Å². The molecule has 3 saturated carbocycles. The zero-order valence-electron chi connectivity index (χ0n) is 24.1. The van der Waals surface area contributed by atoms with E-state index in [0.29, 0.717) is 35.0 Å². The van der Waals surface area contributed by atoms with Gasteiger partial charge in [-0.1, -0.05) is 78.5 Å². The number of rotatable bonds is 7. The van der Waals surface area contributed by atoms with Gasteiger partial charge in [0.1, 0.15) is 5.78 Å². The van der Waals surface area contributed by atoms with E-state index >= 15 is 0 Å². The molecule has 0 aliphatic heterocycles. The van der Waals surface area contributed by atoms with E-state index in [2.05, 4.69) is 82.8 Å². The highest BCUT2D eigenvalue weighted by Gasteiger charge is 2.68. The van der Waals surface area contributed by atoms with Crippen LogP contribution in [0.3, 0.4) is 0 Å². The van der Waals surface area contributed by atoms with Crippen LogP contribution in [0.15, 0.2) is 42.2 Å². The predicted octanol–water partition coefficient (Wildman–Crippen LogP) is 8.52. The second-order valence-electron chi connectivity index (χ2n) is 14.2. The maximum atomic E-state index is 14.2. The molecule has 2 heteroatoms. The van der Waals surface area contributed by atoms with Crippen LogP contribution < -0.4 is 4.57 Å². The van der Waals surface area contributed by atoms with Gasteiger partial charge < -0.3 is 0 Å². The minimum atomic E-state index is -0.202. The maximum absolute atomic E-state index is 14.2. The molecule has 3 fully saturated rings. The maximum Gasteiger partial charge on any atom is 0.169 e. The van der Waals surface area contributed by atoms with Crippen molar-refractivity contribution >= 4 is 5.78 Å². The van der Waals surface area contributed by atoms with Crippen molar-refractivity contribution in [3.05, 3.63) is 42.2 Å². The lowest BCUT2D eigenvalue weighted by atomic mass is 9.42. The number of aromatic nitrogens is 1. The van der Waals surface area contributed by atoms with E-state index in [9.17, 15) is 4.79 Å². The van der Waals surface area contributed by atoms with Crippen LogP contribution in [0.4, 0.5) is 0 Å². The van der Waals surface area contributed by atoms with E-state index in [0.717, 1.165) is 24.7 Å². The predicted molar refractivity (Wildman–Crippen MR) is 148 cm³/mol. The Bertz CT molecular complexity index is 980. The first-order valence-electron chi connectivity index (χ1n) is 15.4. The molecule has 36 heavy (non-hydrogen) atoms. The summed E-state index contributed by atoms with van der Waals surface area (Å²) in [6.07, 6.45) is 20.4. The molecular formula is C34H52NO+. The molecule has 4 aliphatic carbocycles. The van der Waals surface area contributed by atoms with Gasteiger partial charge in [-0.25, -0.2) is 4.57 Å². The standard InChI is InChI=1S/C34H52NO/c1-7-34-29-15-14-26-22-27(35-20-9-8-10-21-35)16-18-32(26,5)28(29)17-19-33(34,6)30(23-31(34)36)25(4)13-11-12-24(2)3/h8-10,15,20-21,24-28,30H,7,11-14,16-19,22-23H2,1-6H3/q+1/t25-,26+,27+,28+,30-,32+,33-,34-/m1/s1. The molecule has 8 atom stereocenters. The molecule has 4 aliphatic rings. The number of ketones is 1. The normalized spacial score (nSPS) is 40.9. The number of allylic oxidation sites excluding steroid dienone is 2. The van der Waals surface area contributed by atoms with Crippen molar-refractivity contribution in [3.63, 3.8) is 0 Å². The van der Waals surface area contributed by atoms with Crippen LogP contribution in [0.1, 0.15) is 118 Å². The van der Waals surface area contributed by atoms with E-state index in [1.54, 1.807) is 5.57 Å². The van der Waals surface area contributed by atoms with Gasteiger partial charge in [-0.15, -0.1) is 0 Å². The van der Waals surface area contributed by atoms with Crippen LogP contribution in [-0.2, 0) is 4.79 Å². The summed E-state index contributed by atoms with van der Waals surface area (Å²) in [5, 5.41) is 0. The quantitative estimate of drug-likeness (QED) is 0.277. The van der Waals surface area contributed by atoms with Gasteiger partial charge in [-0.05, 0) is 72.5 Å². The molecule has 0 radical (unpaired) electrons. The molecule has 0 spiro atoms. The summed E-state index contributed by atoms with van der Waals surface area (Å²) < 4.78 is 2.45. The molecule has 5 rings (SSSR count). The van der Waals surface area contributed by atoms with Gasteiger partial charge in [-0.3, -0.25) is 4.79 Å². The highest BCUT2D eigenvalue weighted by atomic mass is 16.1. The first-order chi connectivity index (χ1) is 17.2. The summed E-state index contributed by atoms with van der Waals surface area (Å²) >= 11 is 0. The molecule has 0 N–H and O–H groups in total. The Morgan fingerprint density at radius 1 is 1.03 bits per heavy atom. The van der Waals surface area contributed by atoms with Crippen LogP contribution >= 0.6 is 0 Å². The minimum Gasteiger partial charge on any atom is -0.299 e. The lowest BCUT2D eigenvalue weighted by Gasteiger charge is -2.61. The van der Waals surface area contributed by atoms with Gasteiger partial charge in [-0.2, -0.15) is 0 Å². The number of Topliss-reactive ketones (excluding diaryl/α,β-unsaturated/α-hetero) is 1. The van der Waals surface area contributed by atoms with Crippen LogP contribution in [0.5, 0.6) is 0 Å². The van der Waals surface area contributed by atoms with Gasteiger partial charge in [0.05, 0.1) is 5.41 Å². The molecule has 1 heterocycles. The Labute approximate surface area is 221 Å². The fraction of sp³-hybridized carbons (Fsp3) is 0.765. The third-order valence-electron chi connectivity index (χ3n) is 12.2. The Morgan fingerprint density at radius 2 is 1.78 bits per heavy atom. The first kappa shape index (κ1) is 26.2. The van der Waals surface area contributed by atoms with E-state index < -0.39 is 0 Å². The van der Waals surface area contributed by atoms with Gasteiger partial charge in [0.25, 0.3) is 0 Å². The van der Waals surface area contributed by atoms with Crippen molar-refractivity contribution in [1.82, 2.24) is 0 Å². The smallest absolute Gasteiger partial charge is 0.169 e. The van der Waals surface area contributed by atoms with Crippen LogP contribution in [0.25, 0.3) is 0 Å². The third-order valence-corrected chi connectivity index (χ3v) is 12.2. The fourth-order valence-corrected chi connectivity index (χ4v) is 10.1. The molecule has 0 saturated heterocycles. The van der Waals surface area contributed by atoms with Crippen molar-refractivity contribution in [1.29, 1.82) is 0 Å². The van der Waals surface area contributed by atoms with Crippen LogP contribution in [-0.4, -0.2) is 5.78 Å². The SMILES string of the molecule is CC[C@@]12C(=O)C[C@H]([C@H](C)CCCC(C)C)[C@@]1(C)CC[C@H]1C2=CC[C@H]2C[C@@H]([n+]3ccccc3)CC[C@@]21C. The lowest BCUT2D eigenvalue weighted by Crippen LogP contribution is -2.56. The van der Waals surface area contributed by atoms with Gasteiger partial charge >= 0.3 is 0 Å². The second kappa shape index (κ2) is 9.70. The molecule has 0 amide bonds. The number of carbonyl (C=O) groups excluding carboxylic acids is 1. The average Bonchev–Trinajstić information content (AvgIpc) is 3.11. The molecule has 0 bridgehead atoms. The molecule has 1 aromatic heterocycles. The van der Waals surface area contributed by atoms with Crippen molar-refractivity contribution in [3.8, 4) is 0 Å². The highest BCUT2D eigenvalue weighted by molar-refractivity contribution is 5.92. The summed E-state index contributed by atoms with van der Waals surface area (Å²) in [7, 11) is 0. The number of hydrogen-bond acceptors (Lipinski definition) is 1. The molecule has 0 aromatic carbocycles. The topological polar surface area (TPSA) is 20.9 Å². The van der Waals surface area contributed by atoms with Crippen molar-refractivity contribution < 1.29 is 9.36 Å². The molecule has 2 nitrogen and oxygen atoms in total. The summed E-state index contributed by atoms with van der Waals surface area (Å²) in [5.74, 6) is 3.91. The Kier molecular flexibility index (Phi) is 7.05. The van der Waals surface area contributed by atoms with E-state index in [-0.39, 0.29) is 10.8 Å². The number of nitrogens with zero attached hydrogens (tertiary/aromatic N) is 1. The van der Waals surface area contributed by atoms with Crippen LogP contribution in [0, 0.1) is 45.8 Å². The molecular weight excluding hydrogens is 438 g/mol. The first-order valence-corrected chi connectivity index (χ1v) is 15.4. The fourth-order valence-electron chi connectivity index (χ4n) is 10.1. The zero-order valence-corrected chi connectivity index (χ0v) is 24.1. The van der Waals surface area contributed by atoms with Crippen molar-refractivity contribution in [2.75, 3.05) is 0 Å². The molecule has 1 aromatic rings. The summed E-state index contributed by atoms with van der Waals surface area (Å²) in [5.41, 5.74) is 1.89. The second-order valence-corrected chi connectivity index (χ2v) is 14.2. The Morgan fingerprint density at radius 3 is 2.47 bits per heavy atom. The number of fused-ring (bicyclic) bond motifs is 5. The third kappa shape index (κ3) is 3.87. The molecule has 0 unspecified atom stereocenters.